The van der Waals surface area contributed by atoms with Gasteiger partial charge in [-0.3, -0.25) is 9.59 Å². The molecule has 3 aromatic rings. The molecule has 1 aliphatic carbocycles. The van der Waals surface area contributed by atoms with Crippen LogP contribution in [0.15, 0.2) is 59.4 Å². The van der Waals surface area contributed by atoms with Crippen molar-refractivity contribution in [3.8, 4) is 28.4 Å². The van der Waals surface area contributed by atoms with E-state index in [2.05, 4.69) is 34.5 Å². The molecule has 5 rings (SSSR count). The van der Waals surface area contributed by atoms with Crippen LogP contribution in [0.25, 0.3) is 11.1 Å². The van der Waals surface area contributed by atoms with E-state index in [1.807, 2.05) is 24.3 Å². The molecule has 1 N–H and O–H groups in total. The molecular weight excluding hydrogens is 492 g/mol. The zero-order valence-electron chi connectivity index (χ0n) is 23.1. The molecule has 1 amide bonds. The Morgan fingerprint density at radius 1 is 0.897 bits per heavy atom. The Bertz CT molecular complexity index is 1410. The van der Waals surface area contributed by atoms with Gasteiger partial charge in [-0.2, -0.15) is 0 Å². The van der Waals surface area contributed by atoms with Crippen LogP contribution in [0, 0.1) is 0 Å². The van der Waals surface area contributed by atoms with Gasteiger partial charge in [-0.15, -0.1) is 0 Å². The fraction of sp³-hybridized carbons (Fsp3) is 0.375. The van der Waals surface area contributed by atoms with E-state index >= 15 is 0 Å². The van der Waals surface area contributed by atoms with Crippen molar-refractivity contribution in [2.24, 2.45) is 0 Å². The average Bonchev–Trinajstić information content (AvgIpc) is 3.21. The van der Waals surface area contributed by atoms with Crippen LogP contribution in [0.2, 0.25) is 0 Å². The summed E-state index contributed by atoms with van der Waals surface area (Å²) in [5.74, 6) is 2.00. The second-order valence-electron chi connectivity index (χ2n) is 10.2. The van der Waals surface area contributed by atoms with E-state index in [1.54, 1.807) is 27.4 Å². The van der Waals surface area contributed by atoms with Crippen molar-refractivity contribution in [3.63, 3.8) is 0 Å². The van der Waals surface area contributed by atoms with Gasteiger partial charge in [-0.05, 0) is 72.1 Å². The average molecular weight is 529 g/mol. The van der Waals surface area contributed by atoms with E-state index < -0.39 is 0 Å². The number of fused-ring (bicyclic) bond motifs is 3. The summed E-state index contributed by atoms with van der Waals surface area (Å²) in [6.45, 7) is 3.13. The maximum absolute atomic E-state index is 13.7. The van der Waals surface area contributed by atoms with E-state index in [0.29, 0.717) is 41.7 Å². The number of ether oxygens (including phenoxy) is 3. The van der Waals surface area contributed by atoms with E-state index in [4.69, 9.17) is 14.2 Å². The number of rotatable bonds is 6. The SMILES string of the molecule is COc1cc2c(c(OC)c1OC)-c1ccc(N3CCC(c4ccccc4)CC3)c(=O)cc1[C@@H](NC(C)=O)CC2. The van der Waals surface area contributed by atoms with Gasteiger partial charge in [0.25, 0.3) is 0 Å². The molecular formula is C32H36N2O5. The monoisotopic (exact) mass is 528 g/mol. The highest BCUT2D eigenvalue weighted by Gasteiger charge is 2.30. The Labute approximate surface area is 229 Å². The van der Waals surface area contributed by atoms with Gasteiger partial charge >= 0.3 is 0 Å². The number of anilines is 1. The molecule has 0 spiro atoms. The van der Waals surface area contributed by atoms with E-state index in [0.717, 1.165) is 48.2 Å². The van der Waals surface area contributed by atoms with E-state index in [-0.39, 0.29) is 17.4 Å². The minimum absolute atomic E-state index is 0.0485. The minimum Gasteiger partial charge on any atom is -0.493 e. The maximum Gasteiger partial charge on any atom is 0.217 e. The number of hydrogen-bond donors (Lipinski definition) is 1. The number of nitrogens with zero attached hydrogens (tertiary/aromatic N) is 1. The third-order valence-corrected chi connectivity index (χ3v) is 8.00. The smallest absolute Gasteiger partial charge is 0.217 e. The predicted octanol–water partition coefficient (Wildman–Crippen LogP) is 5.25. The second-order valence-corrected chi connectivity index (χ2v) is 10.2. The molecule has 0 unspecified atom stereocenters. The zero-order chi connectivity index (χ0) is 27.5. The van der Waals surface area contributed by atoms with Gasteiger partial charge in [0.1, 0.15) is 0 Å². The first-order valence-electron chi connectivity index (χ1n) is 13.5. The molecule has 0 saturated carbocycles. The summed E-state index contributed by atoms with van der Waals surface area (Å²) in [7, 11) is 4.80. The minimum atomic E-state index is -0.316. The summed E-state index contributed by atoms with van der Waals surface area (Å²) in [6, 6.07) is 17.9. The molecule has 0 bridgehead atoms. The van der Waals surface area contributed by atoms with Gasteiger partial charge in [0, 0.05) is 25.6 Å². The lowest BCUT2D eigenvalue weighted by molar-refractivity contribution is -0.119. The first-order chi connectivity index (χ1) is 18.9. The lowest BCUT2D eigenvalue weighted by Crippen LogP contribution is -2.35. The van der Waals surface area contributed by atoms with Gasteiger partial charge in [-0.25, -0.2) is 0 Å². The number of amides is 1. The van der Waals surface area contributed by atoms with Gasteiger partial charge in [0.15, 0.2) is 11.5 Å². The molecule has 2 aliphatic rings. The van der Waals surface area contributed by atoms with Crippen molar-refractivity contribution in [2.75, 3.05) is 39.3 Å². The molecule has 7 heteroatoms. The molecule has 1 heterocycles. The fourth-order valence-electron chi connectivity index (χ4n) is 6.14. The van der Waals surface area contributed by atoms with Gasteiger partial charge < -0.3 is 24.4 Å². The Balaban J connectivity index is 1.61. The molecule has 1 saturated heterocycles. The first kappa shape index (κ1) is 26.6. The molecule has 0 aromatic heterocycles. The van der Waals surface area contributed by atoms with Crippen molar-refractivity contribution in [3.05, 3.63) is 81.5 Å². The molecule has 204 valence electrons. The second kappa shape index (κ2) is 11.4. The Kier molecular flexibility index (Phi) is 7.77. The van der Waals surface area contributed by atoms with Gasteiger partial charge in [0.2, 0.25) is 17.1 Å². The van der Waals surface area contributed by atoms with Crippen LogP contribution in [0.5, 0.6) is 17.2 Å². The number of aryl methyl sites for hydroxylation is 1. The summed E-state index contributed by atoms with van der Waals surface area (Å²) < 4.78 is 17.2. The maximum atomic E-state index is 13.7. The number of benzene rings is 2. The molecule has 3 aromatic carbocycles. The van der Waals surface area contributed by atoms with Crippen LogP contribution >= 0.6 is 0 Å². The van der Waals surface area contributed by atoms with E-state index in [1.165, 1.54) is 12.5 Å². The first-order valence-corrected chi connectivity index (χ1v) is 13.5. The molecule has 0 radical (unpaired) electrons. The summed E-state index contributed by atoms with van der Waals surface area (Å²) in [5.41, 5.74) is 5.50. The number of methoxy groups -OCH3 is 3. The fourth-order valence-corrected chi connectivity index (χ4v) is 6.14. The van der Waals surface area contributed by atoms with Crippen molar-refractivity contribution >= 4 is 11.6 Å². The van der Waals surface area contributed by atoms with Crippen molar-refractivity contribution in [1.82, 2.24) is 5.32 Å². The topological polar surface area (TPSA) is 77.1 Å². The van der Waals surface area contributed by atoms with Gasteiger partial charge in [-0.1, -0.05) is 36.4 Å². The Hall–Kier alpha value is -4.00. The lowest BCUT2D eigenvalue weighted by Gasteiger charge is -2.33. The number of nitrogens with one attached hydrogen (secondary N) is 1. The largest absolute Gasteiger partial charge is 0.493 e. The zero-order valence-corrected chi connectivity index (χ0v) is 23.1. The van der Waals surface area contributed by atoms with Gasteiger partial charge in [0.05, 0.1) is 33.1 Å². The summed E-state index contributed by atoms with van der Waals surface area (Å²) in [4.78, 5) is 28.1. The van der Waals surface area contributed by atoms with Crippen LogP contribution in [0.4, 0.5) is 5.69 Å². The standard InChI is InChI=1S/C32H36N2O5/c1-20(35)33-26-12-10-23-18-29(37-2)31(38-3)32(39-4)30(23)24-11-13-27(28(36)19-25(24)26)34-16-14-22(15-17-34)21-8-6-5-7-9-21/h5-9,11,13,18-19,22,26H,10,12,14-17H2,1-4H3,(H,33,35)/t26-/m0/s1. The number of piperidine rings is 1. The predicted molar refractivity (Wildman–Crippen MR) is 153 cm³/mol. The third-order valence-electron chi connectivity index (χ3n) is 8.00. The molecule has 39 heavy (non-hydrogen) atoms. The third kappa shape index (κ3) is 5.18. The molecule has 7 nitrogen and oxygen atoms in total. The van der Waals surface area contributed by atoms with Crippen LogP contribution in [0.3, 0.4) is 0 Å². The number of hydrogen-bond acceptors (Lipinski definition) is 6. The van der Waals surface area contributed by atoms with Crippen LogP contribution in [-0.4, -0.2) is 40.3 Å². The van der Waals surface area contributed by atoms with Crippen LogP contribution < -0.4 is 29.9 Å². The van der Waals surface area contributed by atoms with Crippen molar-refractivity contribution < 1.29 is 19.0 Å². The molecule has 1 fully saturated rings. The Morgan fingerprint density at radius 3 is 2.26 bits per heavy atom. The summed E-state index contributed by atoms with van der Waals surface area (Å²) >= 11 is 0. The molecule has 1 aliphatic heterocycles. The number of carbonyl (C=O) groups is 1. The van der Waals surface area contributed by atoms with Crippen molar-refractivity contribution in [2.45, 2.75) is 44.6 Å². The van der Waals surface area contributed by atoms with Crippen molar-refractivity contribution in [1.29, 1.82) is 0 Å². The lowest BCUT2D eigenvalue weighted by atomic mass is 9.89. The van der Waals surface area contributed by atoms with Crippen LogP contribution in [-0.2, 0) is 11.2 Å². The molecule has 1 atom stereocenters. The highest BCUT2D eigenvalue weighted by atomic mass is 16.5. The highest BCUT2D eigenvalue weighted by Crippen LogP contribution is 2.50. The van der Waals surface area contributed by atoms with Crippen LogP contribution in [0.1, 0.15) is 54.8 Å². The summed E-state index contributed by atoms with van der Waals surface area (Å²) in [5, 5.41) is 3.08. The number of carbonyl (C=O) groups excluding carboxylic acids is 1. The Morgan fingerprint density at radius 2 is 1.62 bits per heavy atom. The quantitative estimate of drug-likeness (QED) is 0.471. The summed E-state index contributed by atoms with van der Waals surface area (Å²) in [6.07, 6.45) is 3.29. The normalized spacial score (nSPS) is 16.9. The van der Waals surface area contributed by atoms with E-state index in [9.17, 15) is 9.59 Å². The highest BCUT2D eigenvalue weighted by molar-refractivity contribution is 5.83.